The van der Waals surface area contributed by atoms with Crippen molar-refractivity contribution in [1.82, 2.24) is 0 Å². The Labute approximate surface area is 324 Å². The molecule has 0 radical (unpaired) electrons. The molecule has 0 amide bonds. The van der Waals surface area contributed by atoms with Gasteiger partial charge in [0.2, 0.25) is 0 Å². The average molecular weight is 704 g/mol. The van der Waals surface area contributed by atoms with Crippen molar-refractivity contribution >= 4 is 33.4 Å². The standard InChI is InChI=1S/C54H41N/c1-3-34-53(40-20-7-4-8-21-40)37-38(2)45-32-30-43(35-50(45)53)55(52-29-17-19-39-18-13-14-26-46(39)52)44-31-33-48-47-27-15-16-28-49(47)54(51(48)36-44,41-22-9-5-10-23-41)42-24-11-6-12-25-42/h3-37H,1-2H3/b34-3+. The van der Waals surface area contributed by atoms with Crippen molar-refractivity contribution in [2.45, 2.75) is 24.7 Å². The van der Waals surface area contributed by atoms with Gasteiger partial charge >= 0.3 is 0 Å². The van der Waals surface area contributed by atoms with E-state index >= 15 is 0 Å². The minimum Gasteiger partial charge on any atom is -0.310 e. The smallest absolute Gasteiger partial charge is 0.0714 e. The molecule has 0 aromatic heterocycles. The monoisotopic (exact) mass is 703 g/mol. The zero-order chi connectivity index (χ0) is 37.0. The molecule has 8 aromatic carbocycles. The largest absolute Gasteiger partial charge is 0.310 e. The molecule has 0 bridgehead atoms. The van der Waals surface area contributed by atoms with Crippen molar-refractivity contribution < 1.29 is 0 Å². The van der Waals surface area contributed by atoms with E-state index in [1.807, 2.05) is 0 Å². The first-order chi connectivity index (χ1) is 27.1. The van der Waals surface area contributed by atoms with Gasteiger partial charge in [-0.05, 0) is 105 Å². The van der Waals surface area contributed by atoms with E-state index in [4.69, 9.17) is 0 Å². The van der Waals surface area contributed by atoms with Gasteiger partial charge in [0, 0.05) is 16.8 Å². The van der Waals surface area contributed by atoms with Gasteiger partial charge in [-0.25, -0.2) is 0 Å². The second kappa shape index (κ2) is 13.0. The van der Waals surface area contributed by atoms with Crippen molar-refractivity contribution in [2.75, 3.05) is 4.90 Å². The first kappa shape index (κ1) is 32.9. The third kappa shape index (κ3) is 4.93. The first-order valence-electron chi connectivity index (χ1n) is 19.3. The number of hydrogen-bond donors (Lipinski definition) is 0. The lowest BCUT2D eigenvalue weighted by molar-refractivity contribution is 0.768. The summed E-state index contributed by atoms with van der Waals surface area (Å²) in [4.78, 5) is 2.49. The van der Waals surface area contributed by atoms with Gasteiger partial charge in [-0.1, -0.05) is 182 Å². The molecule has 0 N–H and O–H groups in total. The molecule has 1 unspecified atom stereocenters. The Balaban J connectivity index is 1.27. The Bertz CT molecular complexity index is 2730. The molecule has 0 spiro atoms. The molecule has 1 nitrogen and oxygen atoms in total. The molecule has 0 aliphatic heterocycles. The van der Waals surface area contributed by atoms with Crippen LogP contribution in [0.25, 0.3) is 27.5 Å². The van der Waals surface area contributed by atoms with Crippen LogP contribution in [-0.2, 0) is 10.8 Å². The van der Waals surface area contributed by atoms with Gasteiger partial charge in [-0.15, -0.1) is 0 Å². The molecular formula is C54H41N. The lowest BCUT2D eigenvalue weighted by atomic mass is 9.67. The quantitative estimate of drug-likeness (QED) is 0.149. The van der Waals surface area contributed by atoms with Crippen LogP contribution in [0.3, 0.4) is 0 Å². The molecule has 0 heterocycles. The first-order valence-corrected chi connectivity index (χ1v) is 19.3. The van der Waals surface area contributed by atoms with E-state index in [1.165, 1.54) is 66.4 Å². The Kier molecular flexibility index (Phi) is 7.78. The Hall–Kier alpha value is -6.70. The normalized spacial score (nSPS) is 16.4. The van der Waals surface area contributed by atoms with E-state index in [1.54, 1.807) is 0 Å². The summed E-state index contributed by atoms with van der Waals surface area (Å²) in [7, 11) is 0. The summed E-state index contributed by atoms with van der Waals surface area (Å²) in [5, 5.41) is 2.43. The number of anilines is 3. The van der Waals surface area contributed by atoms with Crippen LogP contribution in [-0.4, -0.2) is 0 Å². The third-order valence-electron chi connectivity index (χ3n) is 12.0. The van der Waals surface area contributed by atoms with Crippen LogP contribution in [0, 0.1) is 0 Å². The Morgan fingerprint density at radius 2 is 1.00 bits per heavy atom. The summed E-state index contributed by atoms with van der Waals surface area (Å²) >= 11 is 0. The number of nitrogens with zero attached hydrogens (tertiary/aromatic N) is 1. The topological polar surface area (TPSA) is 3.24 Å². The van der Waals surface area contributed by atoms with Crippen LogP contribution >= 0.6 is 0 Å². The van der Waals surface area contributed by atoms with Gasteiger partial charge < -0.3 is 4.90 Å². The van der Waals surface area contributed by atoms with Crippen LogP contribution < -0.4 is 4.90 Å². The summed E-state index contributed by atoms with van der Waals surface area (Å²) in [5.74, 6) is 0. The molecule has 0 saturated carbocycles. The summed E-state index contributed by atoms with van der Waals surface area (Å²) in [5.41, 5.74) is 15.4. The van der Waals surface area contributed by atoms with E-state index in [-0.39, 0.29) is 5.41 Å². The number of benzene rings is 8. The number of fused-ring (bicyclic) bond motifs is 5. The molecule has 10 rings (SSSR count). The number of rotatable bonds is 7. The molecule has 1 atom stereocenters. The van der Waals surface area contributed by atoms with Gasteiger partial charge in [0.1, 0.15) is 0 Å². The van der Waals surface area contributed by atoms with Gasteiger partial charge in [-0.2, -0.15) is 0 Å². The van der Waals surface area contributed by atoms with Gasteiger partial charge in [0.15, 0.2) is 0 Å². The highest BCUT2D eigenvalue weighted by Gasteiger charge is 2.46. The maximum absolute atomic E-state index is 2.49. The maximum atomic E-state index is 2.49. The summed E-state index contributed by atoms with van der Waals surface area (Å²) < 4.78 is 0. The van der Waals surface area contributed by atoms with Crippen molar-refractivity contribution in [3.63, 3.8) is 0 Å². The maximum Gasteiger partial charge on any atom is 0.0714 e. The van der Waals surface area contributed by atoms with E-state index in [0.717, 1.165) is 17.1 Å². The molecule has 8 aromatic rings. The zero-order valence-electron chi connectivity index (χ0n) is 31.2. The summed E-state index contributed by atoms with van der Waals surface area (Å²) in [6, 6.07) is 71.8. The molecule has 55 heavy (non-hydrogen) atoms. The SMILES string of the molecule is C/C=C/C1(c2ccccc2)C=C(C)c2ccc(N(c3ccc4c(c3)C(c3ccccc3)(c3ccccc3)c3ccccc3-4)c3cccc4ccccc34)cc21. The molecule has 2 aliphatic carbocycles. The second-order valence-corrected chi connectivity index (χ2v) is 14.9. The minimum atomic E-state index is -0.498. The van der Waals surface area contributed by atoms with Gasteiger partial charge in [0.05, 0.1) is 16.5 Å². The fourth-order valence-electron chi connectivity index (χ4n) is 9.71. The third-order valence-corrected chi connectivity index (χ3v) is 12.0. The number of hydrogen-bond acceptors (Lipinski definition) is 1. The molecule has 0 saturated heterocycles. The fraction of sp³-hybridized carbons (Fsp3) is 0.0741. The second-order valence-electron chi connectivity index (χ2n) is 14.9. The van der Waals surface area contributed by atoms with Crippen LogP contribution in [0.15, 0.2) is 212 Å². The van der Waals surface area contributed by atoms with Crippen LogP contribution in [0.1, 0.15) is 52.8 Å². The highest BCUT2D eigenvalue weighted by atomic mass is 15.1. The molecule has 0 fully saturated rings. The van der Waals surface area contributed by atoms with Gasteiger partial charge in [-0.3, -0.25) is 0 Å². The van der Waals surface area contributed by atoms with E-state index in [0.29, 0.717) is 0 Å². The van der Waals surface area contributed by atoms with Gasteiger partial charge in [0.25, 0.3) is 0 Å². The van der Waals surface area contributed by atoms with E-state index in [9.17, 15) is 0 Å². The number of allylic oxidation sites excluding steroid dienone is 4. The Morgan fingerprint density at radius 3 is 1.69 bits per heavy atom. The van der Waals surface area contributed by atoms with E-state index < -0.39 is 5.41 Å². The molecule has 262 valence electrons. The Morgan fingerprint density at radius 1 is 0.455 bits per heavy atom. The van der Waals surface area contributed by atoms with Crippen molar-refractivity contribution in [1.29, 1.82) is 0 Å². The van der Waals surface area contributed by atoms with E-state index in [2.05, 4.69) is 231 Å². The van der Waals surface area contributed by atoms with Crippen molar-refractivity contribution in [2.24, 2.45) is 0 Å². The summed E-state index contributed by atoms with van der Waals surface area (Å²) in [6.07, 6.45) is 7.01. The molecule has 2 aliphatic rings. The van der Waals surface area contributed by atoms with Crippen molar-refractivity contribution in [3.8, 4) is 11.1 Å². The van der Waals surface area contributed by atoms with Crippen LogP contribution in [0.2, 0.25) is 0 Å². The predicted octanol–water partition coefficient (Wildman–Crippen LogP) is 14.0. The lowest BCUT2D eigenvalue weighted by Gasteiger charge is -2.35. The highest BCUT2D eigenvalue weighted by molar-refractivity contribution is 6.00. The zero-order valence-corrected chi connectivity index (χ0v) is 31.2. The predicted molar refractivity (Wildman–Crippen MR) is 232 cm³/mol. The molecular weight excluding hydrogens is 663 g/mol. The summed E-state index contributed by atoms with van der Waals surface area (Å²) in [6.45, 7) is 4.38. The fourth-order valence-corrected chi connectivity index (χ4v) is 9.71. The molecule has 1 heteroatoms. The lowest BCUT2D eigenvalue weighted by Crippen LogP contribution is -2.28. The highest BCUT2D eigenvalue weighted by Crippen LogP contribution is 2.58. The minimum absolute atomic E-state index is 0.370. The van der Waals surface area contributed by atoms with Crippen LogP contribution in [0.4, 0.5) is 17.1 Å². The average Bonchev–Trinajstić information content (AvgIpc) is 3.71. The van der Waals surface area contributed by atoms with Crippen molar-refractivity contribution in [3.05, 3.63) is 251 Å². The van der Waals surface area contributed by atoms with Crippen LogP contribution in [0.5, 0.6) is 0 Å².